The molecule has 3 nitrogen and oxygen atoms in total. The van der Waals surface area contributed by atoms with Gasteiger partial charge in [0.25, 0.3) is 0 Å². The first-order valence-electron chi connectivity index (χ1n) is 13.5. The minimum Gasteiger partial charge on any atom is -0.456 e. The van der Waals surface area contributed by atoms with Crippen molar-refractivity contribution in [3.63, 3.8) is 0 Å². The molecule has 3 rings (SSSR count). The van der Waals surface area contributed by atoms with Gasteiger partial charge in [0.2, 0.25) is 0 Å². The molecule has 1 heterocycles. The molecular formula is C36H42N2O. The largest absolute Gasteiger partial charge is 0.456 e. The summed E-state index contributed by atoms with van der Waals surface area (Å²) in [6.45, 7) is 19.5. The van der Waals surface area contributed by atoms with Gasteiger partial charge in [-0.25, -0.2) is 0 Å². The zero-order valence-corrected chi connectivity index (χ0v) is 24.3. The molecule has 0 fully saturated rings. The van der Waals surface area contributed by atoms with Crippen LogP contribution in [0.5, 0.6) is 0 Å². The monoisotopic (exact) mass is 518 g/mol. The Morgan fingerprint density at radius 3 is 1.56 bits per heavy atom. The minimum atomic E-state index is 0.809. The normalized spacial score (nSPS) is 11.9. The maximum Gasteiger partial charge on any atom is 0.134 e. The Labute approximate surface area is 235 Å². The van der Waals surface area contributed by atoms with Gasteiger partial charge in [0.05, 0.1) is 11.4 Å². The quantitative estimate of drug-likeness (QED) is 0.194. The summed E-state index contributed by atoms with van der Waals surface area (Å²) in [5.74, 6) is 1.62. The zero-order chi connectivity index (χ0) is 28.9. The van der Waals surface area contributed by atoms with Crippen molar-refractivity contribution in [2.45, 2.75) is 41.5 Å². The highest BCUT2D eigenvalue weighted by Crippen LogP contribution is 2.30. The number of hydrogen-bond acceptors (Lipinski definition) is 3. The van der Waals surface area contributed by atoms with Gasteiger partial charge in [0.1, 0.15) is 11.5 Å². The second-order valence-electron chi connectivity index (χ2n) is 7.55. The summed E-state index contributed by atoms with van der Waals surface area (Å²) in [5, 5.41) is 0. The van der Waals surface area contributed by atoms with Gasteiger partial charge in [-0.05, 0) is 85.7 Å². The molecule has 202 valence electrons. The van der Waals surface area contributed by atoms with Gasteiger partial charge in [0.15, 0.2) is 0 Å². The number of hydrogen-bond donors (Lipinski definition) is 0. The Bertz CT molecular complexity index is 1310. The lowest BCUT2D eigenvalue weighted by Gasteiger charge is -2.01. The second-order valence-corrected chi connectivity index (χ2v) is 7.55. The first-order chi connectivity index (χ1) is 19.2. The van der Waals surface area contributed by atoms with Crippen LogP contribution in [0.2, 0.25) is 0 Å². The van der Waals surface area contributed by atoms with E-state index < -0.39 is 0 Å². The molecule has 0 spiro atoms. The molecule has 1 aromatic heterocycles. The Morgan fingerprint density at radius 1 is 0.667 bits per heavy atom. The topological polar surface area (TPSA) is 37.9 Å². The standard InChI is InChI=1S/C32H30N2O.2C2H6/c1-5-9-11-25(7-3)23-33-29-17-13-27(14-18-29)31-21-22-32(35-31)28-15-19-30(20-16-28)34-24-26(8-4)12-10-6-2;2*1-2/h5-24H,1,4H2,2-3H3;2*1-2H3/b10-6-,11-9-,25-7+,26-12+,33-23?,34-24?;;. The molecule has 0 aliphatic rings. The number of furan rings is 1. The molecule has 2 aromatic carbocycles. The average Bonchev–Trinajstić information content (AvgIpc) is 3.50. The van der Waals surface area contributed by atoms with Crippen molar-refractivity contribution in [1.82, 2.24) is 0 Å². The van der Waals surface area contributed by atoms with Crippen LogP contribution in [0.3, 0.4) is 0 Å². The van der Waals surface area contributed by atoms with Crippen molar-refractivity contribution < 1.29 is 4.42 Å². The van der Waals surface area contributed by atoms with Gasteiger partial charge in [-0.15, -0.1) is 0 Å². The molecule has 0 N–H and O–H groups in total. The highest BCUT2D eigenvalue weighted by molar-refractivity contribution is 5.85. The lowest BCUT2D eigenvalue weighted by Crippen LogP contribution is -1.79. The Hall–Kier alpha value is -4.50. The molecule has 0 unspecified atom stereocenters. The number of rotatable bonds is 10. The number of aliphatic imine (C=N–C) groups is 2. The van der Waals surface area contributed by atoms with Crippen molar-refractivity contribution in [2.24, 2.45) is 9.98 Å². The van der Waals surface area contributed by atoms with Gasteiger partial charge in [-0.3, -0.25) is 9.98 Å². The molecule has 0 atom stereocenters. The van der Waals surface area contributed by atoms with E-state index in [9.17, 15) is 0 Å². The van der Waals surface area contributed by atoms with Crippen LogP contribution in [0.25, 0.3) is 22.6 Å². The maximum absolute atomic E-state index is 6.12. The molecule has 0 aliphatic heterocycles. The SMILES string of the molecule is C=C/C=C\C(C=Nc1ccc(-c2ccc(-c3ccc(N=C/C(C=C)=C/C=C\C)cc3)o2)cc1)=C/C.CC.CC. The van der Waals surface area contributed by atoms with E-state index in [1.807, 2.05) is 145 Å². The molecule has 0 radical (unpaired) electrons. The summed E-state index contributed by atoms with van der Waals surface area (Å²) < 4.78 is 6.12. The van der Waals surface area contributed by atoms with Crippen molar-refractivity contribution in [3.8, 4) is 22.6 Å². The van der Waals surface area contributed by atoms with Crippen molar-refractivity contribution in [2.75, 3.05) is 0 Å². The molecule has 0 aliphatic carbocycles. The number of benzene rings is 2. The van der Waals surface area contributed by atoms with Gasteiger partial charge in [-0.1, -0.05) is 89.5 Å². The van der Waals surface area contributed by atoms with E-state index in [-0.39, 0.29) is 0 Å². The van der Waals surface area contributed by atoms with Crippen LogP contribution in [0.1, 0.15) is 41.5 Å². The molecule has 0 saturated heterocycles. The highest BCUT2D eigenvalue weighted by Gasteiger charge is 2.07. The summed E-state index contributed by atoms with van der Waals surface area (Å²) in [6, 6.07) is 19.9. The third kappa shape index (κ3) is 11.2. The summed E-state index contributed by atoms with van der Waals surface area (Å²) in [4.78, 5) is 9.06. The van der Waals surface area contributed by atoms with Crippen LogP contribution in [-0.4, -0.2) is 12.4 Å². The average molecular weight is 519 g/mol. The van der Waals surface area contributed by atoms with E-state index in [2.05, 4.69) is 23.1 Å². The van der Waals surface area contributed by atoms with Crippen LogP contribution >= 0.6 is 0 Å². The third-order valence-electron chi connectivity index (χ3n) is 5.11. The van der Waals surface area contributed by atoms with Crippen molar-refractivity contribution in [3.05, 3.63) is 134 Å². The molecule has 0 amide bonds. The Morgan fingerprint density at radius 2 is 1.15 bits per heavy atom. The molecule has 3 heteroatoms. The fourth-order valence-corrected chi connectivity index (χ4v) is 3.13. The summed E-state index contributed by atoms with van der Waals surface area (Å²) >= 11 is 0. The van der Waals surface area contributed by atoms with E-state index in [1.165, 1.54) is 0 Å². The predicted molar refractivity (Wildman–Crippen MR) is 175 cm³/mol. The molecular weight excluding hydrogens is 476 g/mol. The minimum absolute atomic E-state index is 0.809. The van der Waals surface area contributed by atoms with Crippen LogP contribution in [0.4, 0.5) is 11.4 Å². The highest BCUT2D eigenvalue weighted by atomic mass is 16.3. The van der Waals surface area contributed by atoms with Gasteiger partial charge in [-0.2, -0.15) is 0 Å². The summed E-state index contributed by atoms with van der Waals surface area (Å²) in [7, 11) is 0. The number of allylic oxidation sites excluding steroid dienone is 10. The van der Waals surface area contributed by atoms with Crippen molar-refractivity contribution >= 4 is 23.8 Å². The zero-order valence-electron chi connectivity index (χ0n) is 24.3. The van der Waals surface area contributed by atoms with E-state index in [0.717, 1.165) is 45.2 Å². The van der Waals surface area contributed by atoms with Crippen molar-refractivity contribution in [1.29, 1.82) is 0 Å². The lowest BCUT2D eigenvalue weighted by atomic mass is 10.1. The first kappa shape index (κ1) is 32.5. The fourth-order valence-electron chi connectivity index (χ4n) is 3.13. The molecule has 0 saturated carbocycles. The summed E-state index contributed by atoms with van der Waals surface area (Å²) in [6.07, 6.45) is 18.9. The first-order valence-corrected chi connectivity index (χ1v) is 13.5. The molecule has 0 bridgehead atoms. The van der Waals surface area contributed by atoms with Crippen LogP contribution in [-0.2, 0) is 0 Å². The van der Waals surface area contributed by atoms with Gasteiger partial charge in [0, 0.05) is 23.6 Å². The Kier molecular flexibility index (Phi) is 16.3. The fraction of sp³-hybridized carbons (Fsp3) is 0.167. The van der Waals surface area contributed by atoms with Gasteiger partial charge >= 0.3 is 0 Å². The molecule has 39 heavy (non-hydrogen) atoms. The van der Waals surface area contributed by atoms with Crippen LogP contribution in [0, 0.1) is 0 Å². The van der Waals surface area contributed by atoms with E-state index in [4.69, 9.17) is 4.42 Å². The lowest BCUT2D eigenvalue weighted by molar-refractivity contribution is 0.597. The molecule has 3 aromatic rings. The van der Waals surface area contributed by atoms with E-state index >= 15 is 0 Å². The van der Waals surface area contributed by atoms with Crippen LogP contribution < -0.4 is 0 Å². The maximum atomic E-state index is 6.12. The van der Waals surface area contributed by atoms with E-state index in [0.29, 0.717) is 0 Å². The smallest absolute Gasteiger partial charge is 0.134 e. The van der Waals surface area contributed by atoms with Gasteiger partial charge < -0.3 is 4.42 Å². The summed E-state index contributed by atoms with van der Waals surface area (Å²) in [5.41, 5.74) is 5.71. The van der Waals surface area contributed by atoms with E-state index in [1.54, 1.807) is 18.4 Å². The predicted octanol–water partition coefficient (Wildman–Crippen LogP) is 11.4. The number of nitrogens with zero attached hydrogens (tertiary/aromatic N) is 2. The third-order valence-corrected chi connectivity index (χ3v) is 5.11. The van der Waals surface area contributed by atoms with Crippen LogP contribution in [0.15, 0.2) is 148 Å². The Balaban J connectivity index is 0.00000181. The second kappa shape index (κ2) is 19.6.